The molecule has 0 bridgehead atoms. The molecule has 2 rings (SSSR count). The summed E-state index contributed by atoms with van der Waals surface area (Å²) in [4.78, 5) is -0.102. The van der Waals surface area contributed by atoms with Crippen LogP contribution in [0.3, 0.4) is 0 Å². The number of aryl methyl sites for hydroxylation is 1. The molecule has 0 amide bonds. The minimum atomic E-state index is -4.00. The molecule has 0 unspecified atom stereocenters. The molecule has 0 atom stereocenters. The minimum Gasteiger partial charge on any atom is -0.218 e. The molecule has 2 aromatic carbocycles. The molecule has 0 saturated heterocycles. The zero-order chi connectivity index (χ0) is 15.8. The SMILES string of the molecule is Cc1ccccc1S(=O)(=O)c1cccc(S(=O)(=O)Cl)c1C. The van der Waals surface area contributed by atoms with Gasteiger partial charge in [-0.05, 0) is 43.2 Å². The van der Waals surface area contributed by atoms with Crippen molar-refractivity contribution in [1.82, 2.24) is 0 Å². The van der Waals surface area contributed by atoms with E-state index in [-0.39, 0.29) is 20.2 Å². The Morgan fingerprint density at radius 2 is 1.29 bits per heavy atom. The molecule has 0 N–H and O–H groups in total. The van der Waals surface area contributed by atoms with Gasteiger partial charge in [-0.25, -0.2) is 16.8 Å². The molecule has 0 aromatic heterocycles. The van der Waals surface area contributed by atoms with E-state index >= 15 is 0 Å². The van der Waals surface area contributed by atoms with Gasteiger partial charge in [-0.2, -0.15) is 0 Å². The summed E-state index contributed by atoms with van der Waals surface area (Å²) in [6.07, 6.45) is 0. The molecule has 4 nitrogen and oxygen atoms in total. The third-order valence-corrected chi connectivity index (χ3v) is 6.69. The lowest BCUT2D eigenvalue weighted by Gasteiger charge is -2.12. The predicted octanol–water partition coefficient (Wildman–Crippen LogP) is 3.06. The van der Waals surface area contributed by atoms with E-state index < -0.39 is 18.9 Å². The highest BCUT2D eigenvalue weighted by molar-refractivity contribution is 8.13. The Morgan fingerprint density at radius 3 is 1.86 bits per heavy atom. The van der Waals surface area contributed by atoms with Gasteiger partial charge in [-0.1, -0.05) is 24.3 Å². The third kappa shape index (κ3) is 2.97. The average Bonchev–Trinajstić information content (AvgIpc) is 2.37. The summed E-state index contributed by atoms with van der Waals surface area (Å²) in [5.41, 5.74) is 0.715. The van der Waals surface area contributed by atoms with Crippen molar-refractivity contribution in [1.29, 1.82) is 0 Å². The molecule has 0 fully saturated rings. The summed E-state index contributed by atoms with van der Waals surface area (Å²) in [5.74, 6) is 0. The Balaban J connectivity index is 2.77. The molecule has 0 aliphatic carbocycles. The van der Waals surface area contributed by atoms with Gasteiger partial charge in [0.2, 0.25) is 9.84 Å². The fourth-order valence-electron chi connectivity index (χ4n) is 2.13. The summed E-state index contributed by atoms with van der Waals surface area (Å²) in [6, 6.07) is 10.6. The number of hydrogen-bond donors (Lipinski definition) is 0. The van der Waals surface area contributed by atoms with E-state index in [2.05, 4.69) is 0 Å². The fraction of sp³-hybridized carbons (Fsp3) is 0.143. The van der Waals surface area contributed by atoms with Crippen molar-refractivity contribution in [2.75, 3.05) is 0 Å². The Labute approximate surface area is 128 Å². The first-order valence-electron chi connectivity index (χ1n) is 6.00. The van der Waals surface area contributed by atoms with Gasteiger partial charge in [0.05, 0.1) is 14.7 Å². The topological polar surface area (TPSA) is 68.3 Å². The van der Waals surface area contributed by atoms with Crippen molar-refractivity contribution in [3.63, 3.8) is 0 Å². The van der Waals surface area contributed by atoms with E-state index in [0.29, 0.717) is 5.56 Å². The first-order chi connectivity index (χ1) is 9.65. The lowest BCUT2D eigenvalue weighted by atomic mass is 10.2. The lowest BCUT2D eigenvalue weighted by Crippen LogP contribution is -2.08. The van der Waals surface area contributed by atoms with Gasteiger partial charge in [-0.3, -0.25) is 0 Å². The largest absolute Gasteiger partial charge is 0.261 e. The standard InChI is InChI=1S/C14H13ClO4S2/c1-10-6-3-4-7-12(10)20(16,17)13-8-5-9-14(11(13)2)21(15,18)19/h3-9H,1-2H3. The highest BCUT2D eigenvalue weighted by Gasteiger charge is 2.25. The average molecular weight is 345 g/mol. The van der Waals surface area contributed by atoms with Crippen LogP contribution in [0.25, 0.3) is 0 Å². The van der Waals surface area contributed by atoms with Crippen LogP contribution >= 0.6 is 10.7 Å². The van der Waals surface area contributed by atoms with Crippen molar-refractivity contribution in [3.8, 4) is 0 Å². The van der Waals surface area contributed by atoms with E-state index in [0.717, 1.165) is 0 Å². The highest BCUT2D eigenvalue weighted by Crippen LogP contribution is 2.30. The maximum atomic E-state index is 12.7. The number of rotatable bonds is 3. The van der Waals surface area contributed by atoms with Crippen molar-refractivity contribution in [2.24, 2.45) is 0 Å². The van der Waals surface area contributed by atoms with Crippen LogP contribution in [0, 0.1) is 13.8 Å². The molecule has 0 saturated carbocycles. The fourth-order valence-corrected chi connectivity index (χ4v) is 5.17. The summed E-state index contributed by atoms with van der Waals surface area (Å²) < 4.78 is 48.4. The molecular formula is C14H13ClO4S2. The van der Waals surface area contributed by atoms with Crippen LogP contribution in [0.5, 0.6) is 0 Å². The van der Waals surface area contributed by atoms with Gasteiger partial charge in [0.15, 0.2) is 0 Å². The number of benzene rings is 2. The van der Waals surface area contributed by atoms with Crippen molar-refractivity contribution >= 4 is 29.6 Å². The molecule has 2 aromatic rings. The molecule has 0 aliphatic rings. The van der Waals surface area contributed by atoms with Gasteiger partial charge >= 0.3 is 0 Å². The monoisotopic (exact) mass is 344 g/mol. The minimum absolute atomic E-state index is 0.0569. The molecular weight excluding hydrogens is 332 g/mol. The second-order valence-corrected chi connectivity index (χ2v) is 9.01. The van der Waals surface area contributed by atoms with Gasteiger partial charge in [-0.15, -0.1) is 0 Å². The van der Waals surface area contributed by atoms with E-state index in [9.17, 15) is 16.8 Å². The molecule has 0 radical (unpaired) electrons. The van der Waals surface area contributed by atoms with Crippen molar-refractivity contribution < 1.29 is 16.8 Å². The second-order valence-electron chi connectivity index (χ2n) is 4.59. The molecule has 21 heavy (non-hydrogen) atoms. The van der Waals surface area contributed by atoms with Crippen LogP contribution in [-0.4, -0.2) is 16.8 Å². The highest BCUT2D eigenvalue weighted by atomic mass is 35.7. The van der Waals surface area contributed by atoms with Gasteiger partial charge in [0.25, 0.3) is 9.05 Å². The van der Waals surface area contributed by atoms with Crippen LogP contribution in [0.4, 0.5) is 0 Å². The van der Waals surface area contributed by atoms with E-state index in [1.807, 2.05) is 0 Å². The van der Waals surface area contributed by atoms with Crippen molar-refractivity contribution in [3.05, 3.63) is 53.6 Å². The Hall–Kier alpha value is -1.37. The zero-order valence-electron chi connectivity index (χ0n) is 11.4. The van der Waals surface area contributed by atoms with Crippen LogP contribution < -0.4 is 0 Å². The predicted molar refractivity (Wildman–Crippen MR) is 80.8 cm³/mol. The third-order valence-electron chi connectivity index (χ3n) is 3.17. The number of halogens is 1. The number of sulfone groups is 1. The Morgan fingerprint density at radius 1 is 0.762 bits per heavy atom. The lowest BCUT2D eigenvalue weighted by molar-refractivity contribution is 0.594. The Kier molecular flexibility index (Phi) is 4.15. The zero-order valence-corrected chi connectivity index (χ0v) is 13.8. The van der Waals surface area contributed by atoms with Crippen molar-refractivity contribution in [2.45, 2.75) is 28.5 Å². The van der Waals surface area contributed by atoms with E-state index in [1.54, 1.807) is 25.1 Å². The molecule has 7 heteroatoms. The molecule has 0 aliphatic heterocycles. The van der Waals surface area contributed by atoms with Crippen LogP contribution in [0.15, 0.2) is 57.2 Å². The summed E-state index contributed by atoms with van der Waals surface area (Å²) in [6.45, 7) is 3.12. The normalized spacial score (nSPS) is 12.3. The molecule has 0 heterocycles. The van der Waals surface area contributed by atoms with Crippen LogP contribution in [-0.2, 0) is 18.9 Å². The maximum absolute atomic E-state index is 12.7. The number of hydrogen-bond acceptors (Lipinski definition) is 4. The first-order valence-corrected chi connectivity index (χ1v) is 9.80. The summed E-state index contributed by atoms with van der Waals surface area (Å²) >= 11 is 0. The quantitative estimate of drug-likeness (QED) is 0.802. The van der Waals surface area contributed by atoms with Crippen LogP contribution in [0.2, 0.25) is 0 Å². The Bertz CT molecular complexity index is 900. The van der Waals surface area contributed by atoms with E-state index in [1.165, 1.54) is 31.2 Å². The van der Waals surface area contributed by atoms with Gasteiger partial charge in [0.1, 0.15) is 0 Å². The summed E-state index contributed by atoms with van der Waals surface area (Å²) in [5, 5.41) is 0. The molecule has 0 spiro atoms. The second kappa shape index (κ2) is 5.44. The van der Waals surface area contributed by atoms with E-state index in [4.69, 9.17) is 10.7 Å². The maximum Gasteiger partial charge on any atom is 0.261 e. The first kappa shape index (κ1) is 16.0. The van der Waals surface area contributed by atoms with Gasteiger partial charge < -0.3 is 0 Å². The van der Waals surface area contributed by atoms with Gasteiger partial charge in [0, 0.05) is 10.7 Å². The van der Waals surface area contributed by atoms with Crippen LogP contribution in [0.1, 0.15) is 11.1 Å². The summed E-state index contributed by atoms with van der Waals surface area (Å²) in [7, 11) is -2.47. The molecule has 112 valence electrons. The smallest absolute Gasteiger partial charge is 0.218 e.